The number of hydrogen-bond donors (Lipinski definition) is 0. The zero-order valence-electron chi connectivity index (χ0n) is 10.7. The van der Waals surface area contributed by atoms with Crippen molar-refractivity contribution in [1.29, 1.82) is 0 Å². The molecule has 2 rings (SSSR count). The summed E-state index contributed by atoms with van der Waals surface area (Å²) in [4.78, 5) is 11.7. The van der Waals surface area contributed by atoms with Gasteiger partial charge in [-0.15, -0.1) is 11.8 Å². The zero-order valence-corrected chi connectivity index (χ0v) is 11.5. The third kappa shape index (κ3) is 3.82. The van der Waals surface area contributed by atoms with Crippen molar-refractivity contribution in [2.24, 2.45) is 0 Å². The predicted octanol–water partition coefficient (Wildman–Crippen LogP) is 2.80. The van der Waals surface area contributed by atoms with Crippen LogP contribution in [0.25, 0.3) is 11.3 Å². The van der Waals surface area contributed by atoms with E-state index in [-0.39, 0.29) is 0 Å². The highest BCUT2D eigenvalue weighted by atomic mass is 32.2. The van der Waals surface area contributed by atoms with Crippen LogP contribution in [-0.2, 0) is 0 Å². The zero-order chi connectivity index (χ0) is 12.8. The van der Waals surface area contributed by atoms with Crippen LogP contribution in [0.15, 0.2) is 47.8 Å². The number of hydrogen-bond acceptors (Lipinski definition) is 4. The van der Waals surface area contributed by atoms with Crippen LogP contribution in [0.2, 0.25) is 0 Å². The summed E-state index contributed by atoms with van der Waals surface area (Å²) in [6, 6.07) is 10.4. The van der Waals surface area contributed by atoms with Gasteiger partial charge in [0.05, 0.1) is 5.69 Å². The average molecular weight is 259 g/mol. The van der Waals surface area contributed by atoms with Crippen LogP contribution < -0.4 is 0 Å². The molecular formula is C14H17N3S. The first-order chi connectivity index (χ1) is 8.75. The van der Waals surface area contributed by atoms with E-state index in [0.29, 0.717) is 0 Å². The summed E-state index contributed by atoms with van der Waals surface area (Å²) in [5.74, 6) is 1.11. The molecule has 0 bridgehead atoms. The second-order valence-corrected chi connectivity index (χ2v) is 5.44. The molecule has 3 nitrogen and oxygen atoms in total. The van der Waals surface area contributed by atoms with Crippen LogP contribution in [0.1, 0.15) is 0 Å². The quantitative estimate of drug-likeness (QED) is 0.772. The Morgan fingerprint density at radius 2 is 1.89 bits per heavy atom. The van der Waals surface area contributed by atoms with Crippen LogP contribution >= 0.6 is 11.8 Å². The fourth-order valence-electron chi connectivity index (χ4n) is 1.53. The molecule has 1 aromatic heterocycles. The van der Waals surface area contributed by atoms with Gasteiger partial charge in [0.2, 0.25) is 0 Å². The first kappa shape index (κ1) is 13.1. The third-order valence-corrected chi connectivity index (χ3v) is 3.53. The maximum atomic E-state index is 4.24. The largest absolute Gasteiger partial charge is 0.309 e. The molecule has 94 valence electrons. The van der Waals surface area contributed by atoms with Gasteiger partial charge in [-0.05, 0) is 32.3 Å². The Hall–Kier alpha value is -1.39. The van der Waals surface area contributed by atoms with Gasteiger partial charge in [0.15, 0.2) is 0 Å². The average Bonchev–Trinajstić information content (AvgIpc) is 2.40. The van der Waals surface area contributed by atoms with Gasteiger partial charge in [-0.3, -0.25) is 0 Å². The van der Waals surface area contributed by atoms with Crippen LogP contribution in [0, 0.1) is 0 Å². The lowest BCUT2D eigenvalue weighted by Gasteiger charge is -2.08. The number of thioether (sulfide) groups is 1. The molecule has 0 atom stereocenters. The minimum atomic E-state index is 0.967. The molecule has 0 aliphatic rings. The SMILES string of the molecule is CN(C)CCSc1ccc(-c2ccncn2)cc1. The number of benzene rings is 1. The maximum Gasteiger partial charge on any atom is 0.116 e. The van der Waals surface area contributed by atoms with E-state index < -0.39 is 0 Å². The van der Waals surface area contributed by atoms with E-state index in [4.69, 9.17) is 0 Å². The summed E-state index contributed by atoms with van der Waals surface area (Å²) in [5.41, 5.74) is 2.10. The van der Waals surface area contributed by atoms with E-state index in [2.05, 4.69) is 53.2 Å². The number of nitrogens with zero attached hydrogens (tertiary/aromatic N) is 3. The first-order valence-corrected chi connectivity index (χ1v) is 6.88. The normalized spacial score (nSPS) is 10.8. The highest BCUT2D eigenvalue weighted by molar-refractivity contribution is 7.99. The Kier molecular flexibility index (Phi) is 4.73. The van der Waals surface area contributed by atoms with Gasteiger partial charge < -0.3 is 4.90 Å². The Morgan fingerprint density at radius 3 is 2.50 bits per heavy atom. The number of aromatic nitrogens is 2. The van der Waals surface area contributed by atoms with Crippen molar-refractivity contribution in [3.63, 3.8) is 0 Å². The van der Waals surface area contributed by atoms with E-state index in [9.17, 15) is 0 Å². The van der Waals surface area contributed by atoms with Crippen molar-refractivity contribution in [1.82, 2.24) is 14.9 Å². The Balaban J connectivity index is 1.98. The summed E-state index contributed by atoms with van der Waals surface area (Å²) in [5, 5.41) is 0. The lowest BCUT2D eigenvalue weighted by molar-refractivity contribution is 0.437. The smallest absolute Gasteiger partial charge is 0.116 e. The fraction of sp³-hybridized carbons (Fsp3) is 0.286. The molecule has 0 fully saturated rings. The molecule has 0 radical (unpaired) electrons. The molecule has 0 unspecified atom stereocenters. The molecule has 0 saturated heterocycles. The van der Waals surface area contributed by atoms with Crippen LogP contribution in [0.4, 0.5) is 0 Å². The molecule has 0 amide bonds. The highest BCUT2D eigenvalue weighted by Crippen LogP contribution is 2.22. The van der Waals surface area contributed by atoms with Crippen molar-refractivity contribution in [3.05, 3.63) is 42.9 Å². The molecule has 4 heteroatoms. The van der Waals surface area contributed by atoms with Crippen molar-refractivity contribution < 1.29 is 0 Å². The molecule has 1 heterocycles. The fourth-order valence-corrected chi connectivity index (χ4v) is 2.55. The molecule has 0 aliphatic heterocycles. The summed E-state index contributed by atoms with van der Waals surface area (Å²) < 4.78 is 0. The van der Waals surface area contributed by atoms with Gasteiger partial charge in [0, 0.05) is 29.0 Å². The van der Waals surface area contributed by atoms with Crippen LogP contribution in [0.5, 0.6) is 0 Å². The summed E-state index contributed by atoms with van der Waals surface area (Å²) in [6.45, 7) is 1.10. The molecule has 0 spiro atoms. The molecular weight excluding hydrogens is 242 g/mol. The van der Waals surface area contributed by atoms with Gasteiger partial charge in [-0.1, -0.05) is 12.1 Å². The van der Waals surface area contributed by atoms with Crippen molar-refractivity contribution in [2.45, 2.75) is 4.90 Å². The van der Waals surface area contributed by atoms with Gasteiger partial charge in [0.25, 0.3) is 0 Å². The maximum absolute atomic E-state index is 4.24. The molecule has 0 aliphatic carbocycles. The molecule has 0 saturated carbocycles. The number of rotatable bonds is 5. The van der Waals surface area contributed by atoms with Crippen LogP contribution in [-0.4, -0.2) is 41.3 Å². The van der Waals surface area contributed by atoms with Gasteiger partial charge in [-0.25, -0.2) is 9.97 Å². The van der Waals surface area contributed by atoms with E-state index in [1.807, 2.05) is 17.8 Å². The third-order valence-electron chi connectivity index (χ3n) is 2.54. The van der Waals surface area contributed by atoms with Crippen molar-refractivity contribution in [3.8, 4) is 11.3 Å². The minimum absolute atomic E-state index is 0.967. The molecule has 1 aromatic carbocycles. The standard InChI is InChI=1S/C14H17N3S/c1-17(2)9-10-18-13-5-3-12(4-6-13)14-7-8-15-11-16-14/h3-8,11H,9-10H2,1-2H3. The van der Waals surface area contributed by atoms with Crippen molar-refractivity contribution >= 4 is 11.8 Å². The minimum Gasteiger partial charge on any atom is -0.309 e. The molecule has 2 aromatic rings. The van der Waals surface area contributed by atoms with Crippen LogP contribution in [0.3, 0.4) is 0 Å². The lowest BCUT2D eigenvalue weighted by Crippen LogP contribution is -2.14. The Morgan fingerprint density at radius 1 is 1.11 bits per heavy atom. The van der Waals surface area contributed by atoms with Gasteiger partial charge >= 0.3 is 0 Å². The summed E-state index contributed by atoms with van der Waals surface area (Å²) >= 11 is 1.88. The van der Waals surface area contributed by atoms with E-state index in [0.717, 1.165) is 23.6 Å². The van der Waals surface area contributed by atoms with E-state index in [1.165, 1.54) is 4.90 Å². The highest BCUT2D eigenvalue weighted by Gasteiger charge is 1.99. The molecule has 0 N–H and O–H groups in total. The monoisotopic (exact) mass is 259 g/mol. The van der Waals surface area contributed by atoms with Crippen molar-refractivity contribution in [2.75, 3.05) is 26.4 Å². The first-order valence-electron chi connectivity index (χ1n) is 5.90. The topological polar surface area (TPSA) is 29.0 Å². The Bertz CT molecular complexity index is 468. The second-order valence-electron chi connectivity index (χ2n) is 4.27. The predicted molar refractivity (Wildman–Crippen MR) is 76.7 cm³/mol. The van der Waals surface area contributed by atoms with E-state index >= 15 is 0 Å². The molecule has 18 heavy (non-hydrogen) atoms. The second kappa shape index (κ2) is 6.52. The summed E-state index contributed by atoms with van der Waals surface area (Å²) in [6.07, 6.45) is 3.34. The van der Waals surface area contributed by atoms with Gasteiger partial charge in [-0.2, -0.15) is 0 Å². The van der Waals surface area contributed by atoms with Gasteiger partial charge in [0.1, 0.15) is 6.33 Å². The Labute approximate surface area is 112 Å². The van der Waals surface area contributed by atoms with E-state index in [1.54, 1.807) is 12.5 Å². The lowest BCUT2D eigenvalue weighted by atomic mass is 10.1. The summed E-state index contributed by atoms with van der Waals surface area (Å²) in [7, 11) is 4.19.